The fraction of sp³-hybridized carbons (Fsp3) is 0.462. The Morgan fingerprint density at radius 3 is 2.83 bits per heavy atom. The minimum atomic E-state index is -0.501. The zero-order valence-corrected chi connectivity index (χ0v) is 12.0. The molecule has 1 aliphatic heterocycles. The molecule has 1 heterocycles. The zero-order chi connectivity index (χ0) is 13.3. The highest BCUT2D eigenvalue weighted by atomic mass is 79.9. The highest BCUT2D eigenvalue weighted by molar-refractivity contribution is 9.10. The van der Waals surface area contributed by atoms with Crippen LogP contribution in [0.25, 0.3) is 0 Å². The molecular formula is C13H15BrFNO2. The molecule has 0 bridgehead atoms. The molecule has 0 spiro atoms. The van der Waals surface area contributed by atoms with Crippen molar-refractivity contribution in [1.82, 2.24) is 4.90 Å². The molecule has 1 aromatic carbocycles. The molecule has 0 N–H and O–H groups in total. The van der Waals surface area contributed by atoms with Gasteiger partial charge in [-0.3, -0.25) is 4.79 Å². The summed E-state index contributed by atoms with van der Waals surface area (Å²) in [6, 6.07) is 4.53. The summed E-state index contributed by atoms with van der Waals surface area (Å²) >= 11 is 3.22. The third-order valence-electron chi connectivity index (χ3n) is 2.89. The van der Waals surface area contributed by atoms with Crippen LogP contribution >= 0.6 is 15.9 Å². The van der Waals surface area contributed by atoms with Crippen LogP contribution in [0.15, 0.2) is 22.7 Å². The van der Waals surface area contributed by atoms with Gasteiger partial charge in [-0.25, -0.2) is 4.39 Å². The number of benzene rings is 1. The summed E-state index contributed by atoms with van der Waals surface area (Å²) in [5.41, 5.74) is -0.291. The largest absolute Gasteiger partial charge is 0.372 e. The maximum atomic E-state index is 13.7. The van der Waals surface area contributed by atoms with Gasteiger partial charge in [0, 0.05) is 17.6 Å². The number of nitrogens with zero attached hydrogens (tertiary/aromatic N) is 1. The number of hydrogen-bond acceptors (Lipinski definition) is 2. The normalized spacial score (nSPS) is 18.8. The Morgan fingerprint density at radius 1 is 1.50 bits per heavy atom. The van der Waals surface area contributed by atoms with E-state index in [1.165, 1.54) is 6.07 Å². The number of halogens is 2. The Bertz CT molecular complexity index is 456. The highest BCUT2D eigenvalue weighted by Gasteiger charge is 2.32. The van der Waals surface area contributed by atoms with Gasteiger partial charge in [-0.2, -0.15) is 0 Å². The lowest BCUT2D eigenvalue weighted by Crippen LogP contribution is -2.50. The zero-order valence-electron chi connectivity index (χ0n) is 10.4. The van der Waals surface area contributed by atoms with E-state index in [4.69, 9.17) is 4.74 Å². The van der Waals surface area contributed by atoms with Crippen molar-refractivity contribution in [2.75, 3.05) is 19.7 Å². The molecule has 3 nitrogen and oxygen atoms in total. The van der Waals surface area contributed by atoms with Crippen molar-refractivity contribution in [2.45, 2.75) is 19.4 Å². The number of carbonyl (C=O) groups is 1. The first-order valence-corrected chi connectivity index (χ1v) is 6.57. The molecule has 1 aliphatic rings. The Balaban J connectivity index is 2.26. The maximum Gasteiger partial charge on any atom is 0.258 e. The molecular weight excluding hydrogens is 301 g/mol. The van der Waals surface area contributed by atoms with E-state index in [0.29, 0.717) is 24.2 Å². The van der Waals surface area contributed by atoms with E-state index in [2.05, 4.69) is 15.9 Å². The van der Waals surface area contributed by atoms with Gasteiger partial charge in [-0.15, -0.1) is 0 Å². The van der Waals surface area contributed by atoms with Crippen molar-refractivity contribution in [2.24, 2.45) is 0 Å². The van der Waals surface area contributed by atoms with Gasteiger partial charge in [0.1, 0.15) is 5.82 Å². The van der Waals surface area contributed by atoms with Crippen molar-refractivity contribution in [3.05, 3.63) is 34.1 Å². The van der Waals surface area contributed by atoms with Gasteiger partial charge in [-0.05, 0) is 41.9 Å². The summed E-state index contributed by atoms with van der Waals surface area (Å²) < 4.78 is 19.8. The van der Waals surface area contributed by atoms with Gasteiger partial charge in [0.15, 0.2) is 0 Å². The average molecular weight is 316 g/mol. The third-order valence-corrected chi connectivity index (χ3v) is 3.55. The number of hydrogen-bond donors (Lipinski definition) is 0. The molecule has 0 saturated carbocycles. The Labute approximate surface area is 114 Å². The van der Waals surface area contributed by atoms with Gasteiger partial charge in [0.2, 0.25) is 0 Å². The molecule has 98 valence electrons. The molecule has 0 aromatic heterocycles. The quantitative estimate of drug-likeness (QED) is 0.797. The van der Waals surface area contributed by atoms with E-state index in [9.17, 15) is 9.18 Å². The summed E-state index contributed by atoms with van der Waals surface area (Å²) in [4.78, 5) is 14.0. The standard InChI is InChI=1S/C13H15BrFNO2/c1-13(2)8-16(6-7-18-13)12(17)11-9(14)4-3-5-10(11)15/h3-5H,6-8H2,1-2H3. The lowest BCUT2D eigenvalue weighted by Gasteiger charge is -2.38. The van der Waals surface area contributed by atoms with Gasteiger partial charge in [-0.1, -0.05) is 6.07 Å². The average Bonchev–Trinajstić information content (AvgIpc) is 2.27. The van der Waals surface area contributed by atoms with Crippen LogP contribution in [-0.4, -0.2) is 36.1 Å². The first-order valence-electron chi connectivity index (χ1n) is 5.78. The van der Waals surface area contributed by atoms with Crippen LogP contribution in [-0.2, 0) is 4.74 Å². The summed E-state index contributed by atoms with van der Waals surface area (Å²) in [5, 5.41) is 0. The van der Waals surface area contributed by atoms with Gasteiger partial charge in [0.25, 0.3) is 5.91 Å². The first kappa shape index (κ1) is 13.5. The van der Waals surface area contributed by atoms with E-state index in [1.807, 2.05) is 13.8 Å². The van der Waals surface area contributed by atoms with Crippen LogP contribution in [0.3, 0.4) is 0 Å². The molecule has 0 aliphatic carbocycles. The summed E-state index contributed by atoms with van der Waals surface area (Å²) in [7, 11) is 0. The molecule has 2 rings (SSSR count). The molecule has 5 heteroatoms. The molecule has 0 atom stereocenters. The van der Waals surface area contributed by atoms with E-state index in [1.54, 1.807) is 17.0 Å². The van der Waals surface area contributed by atoms with Crippen LogP contribution in [0, 0.1) is 5.82 Å². The first-order chi connectivity index (χ1) is 8.41. The second-order valence-corrected chi connectivity index (χ2v) is 5.79. The maximum absolute atomic E-state index is 13.7. The van der Waals surface area contributed by atoms with E-state index in [-0.39, 0.29) is 17.1 Å². The molecule has 0 radical (unpaired) electrons. The van der Waals surface area contributed by atoms with E-state index >= 15 is 0 Å². The van der Waals surface area contributed by atoms with Crippen LogP contribution in [0.1, 0.15) is 24.2 Å². The predicted molar refractivity (Wildman–Crippen MR) is 70.0 cm³/mol. The van der Waals surface area contributed by atoms with Crippen molar-refractivity contribution in [3.63, 3.8) is 0 Å². The molecule has 1 aromatic rings. The highest BCUT2D eigenvalue weighted by Crippen LogP contribution is 2.24. The van der Waals surface area contributed by atoms with Crippen LogP contribution in [0.2, 0.25) is 0 Å². The minimum Gasteiger partial charge on any atom is -0.372 e. The van der Waals surface area contributed by atoms with Crippen molar-refractivity contribution >= 4 is 21.8 Å². The number of ether oxygens (including phenoxy) is 1. The fourth-order valence-electron chi connectivity index (χ4n) is 2.05. The van der Waals surface area contributed by atoms with Gasteiger partial charge in [0.05, 0.1) is 17.8 Å². The summed E-state index contributed by atoms with van der Waals surface area (Å²) in [5.74, 6) is -0.796. The molecule has 18 heavy (non-hydrogen) atoms. The number of rotatable bonds is 1. The Morgan fingerprint density at radius 2 is 2.22 bits per heavy atom. The van der Waals surface area contributed by atoms with Gasteiger partial charge < -0.3 is 9.64 Å². The monoisotopic (exact) mass is 315 g/mol. The van der Waals surface area contributed by atoms with Crippen molar-refractivity contribution in [1.29, 1.82) is 0 Å². The van der Waals surface area contributed by atoms with Gasteiger partial charge >= 0.3 is 0 Å². The van der Waals surface area contributed by atoms with Crippen LogP contribution < -0.4 is 0 Å². The lowest BCUT2D eigenvalue weighted by molar-refractivity contribution is -0.0765. The van der Waals surface area contributed by atoms with Crippen molar-refractivity contribution < 1.29 is 13.9 Å². The van der Waals surface area contributed by atoms with E-state index in [0.717, 1.165) is 0 Å². The van der Waals surface area contributed by atoms with Crippen LogP contribution in [0.5, 0.6) is 0 Å². The second-order valence-electron chi connectivity index (χ2n) is 4.93. The lowest BCUT2D eigenvalue weighted by atomic mass is 10.1. The number of amides is 1. The summed E-state index contributed by atoms with van der Waals surface area (Å²) in [6.07, 6.45) is 0. The topological polar surface area (TPSA) is 29.5 Å². The minimum absolute atomic E-state index is 0.0928. The number of morpholine rings is 1. The second kappa shape index (κ2) is 4.97. The molecule has 1 fully saturated rings. The molecule has 1 amide bonds. The predicted octanol–water partition coefficient (Wildman–Crippen LogP) is 2.84. The summed E-state index contributed by atoms with van der Waals surface area (Å²) in [6.45, 7) is 5.27. The fourth-order valence-corrected chi connectivity index (χ4v) is 2.56. The van der Waals surface area contributed by atoms with Crippen LogP contribution in [0.4, 0.5) is 4.39 Å². The SMILES string of the molecule is CC1(C)CN(C(=O)c2c(F)cccc2Br)CCO1. The Hall–Kier alpha value is -0.940. The smallest absolute Gasteiger partial charge is 0.258 e. The Kier molecular flexibility index (Phi) is 3.73. The molecule has 1 saturated heterocycles. The molecule has 0 unspecified atom stereocenters. The van der Waals surface area contributed by atoms with E-state index < -0.39 is 5.82 Å². The number of carbonyl (C=O) groups excluding carboxylic acids is 1. The third kappa shape index (κ3) is 2.72. The van der Waals surface area contributed by atoms with Crippen molar-refractivity contribution in [3.8, 4) is 0 Å².